The monoisotopic (exact) mass is 333 g/mol. The second-order valence-electron chi connectivity index (χ2n) is 4.00. The zero-order valence-electron chi connectivity index (χ0n) is 10.3. The average molecular weight is 335 g/mol. The summed E-state index contributed by atoms with van der Waals surface area (Å²) in [6, 6.07) is 7.72. The zero-order chi connectivity index (χ0) is 13.4. The quantitative estimate of drug-likeness (QED) is 0.779. The maximum Gasteiger partial charge on any atom is 0.224 e. The van der Waals surface area contributed by atoms with Gasteiger partial charge >= 0.3 is 0 Å². The van der Waals surface area contributed by atoms with E-state index in [2.05, 4.69) is 21.2 Å². The van der Waals surface area contributed by atoms with Crippen LogP contribution in [-0.2, 0) is 16.0 Å². The normalized spacial score (nSPS) is 12.2. The van der Waals surface area contributed by atoms with E-state index in [0.29, 0.717) is 26.0 Å². The van der Waals surface area contributed by atoms with Crippen LogP contribution in [0.5, 0.6) is 0 Å². The molecule has 1 amide bonds. The van der Waals surface area contributed by atoms with Gasteiger partial charge in [0.1, 0.15) is 0 Å². The van der Waals surface area contributed by atoms with Crippen LogP contribution in [0, 0.1) is 0 Å². The Morgan fingerprint density at radius 1 is 1.56 bits per heavy atom. The number of methoxy groups -OCH3 is 1. The largest absolute Gasteiger partial charge is 0.383 e. The first kappa shape index (κ1) is 15.5. The molecule has 0 saturated heterocycles. The first-order chi connectivity index (χ1) is 8.61. The predicted octanol–water partition coefficient (Wildman–Crippen LogP) is 2.75. The highest BCUT2D eigenvalue weighted by molar-refractivity contribution is 9.10. The average Bonchev–Trinajstić information content (AvgIpc) is 2.29. The van der Waals surface area contributed by atoms with Gasteiger partial charge in [0.15, 0.2) is 0 Å². The van der Waals surface area contributed by atoms with Gasteiger partial charge in [-0.2, -0.15) is 0 Å². The molecule has 0 aliphatic carbocycles. The molecule has 1 N–H and O–H groups in total. The standard InChI is InChI=1S/C13H17BrClNO2/c1-18-9-12(15)5-6-16-13(17)8-10-3-2-4-11(14)7-10/h2-4,7,12H,5-6,8-9H2,1H3,(H,16,17). The number of rotatable bonds is 7. The second-order valence-corrected chi connectivity index (χ2v) is 5.53. The van der Waals surface area contributed by atoms with Crippen molar-refractivity contribution >= 4 is 33.4 Å². The Hall–Kier alpha value is -0.580. The molecule has 0 aliphatic heterocycles. The van der Waals surface area contributed by atoms with Crippen molar-refractivity contribution in [2.45, 2.75) is 18.2 Å². The van der Waals surface area contributed by atoms with E-state index in [1.807, 2.05) is 24.3 Å². The number of carbonyl (C=O) groups excluding carboxylic acids is 1. The van der Waals surface area contributed by atoms with Gasteiger partial charge in [-0.1, -0.05) is 28.1 Å². The van der Waals surface area contributed by atoms with Crippen LogP contribution in [0.4, 0.5) is 0 Å². The highest BCUT2D eigenvalue weighted by Gasteiger charge is 2.06. The van der Waals surface area contributed by atoms with Crippen LogP contribution >= 0.6 is 27.5 Å². The van der Waals surface area contributed by atoms with Gasteiger partial charge in [0.05, 0.1) is 18.4 Å². The van der Waals surface area contributed by atoms with E-state index in [-0.39, 0.29) is 11.3 Å². The van der Waals surface area contributed by atoms with Crippen LogP contribution in [0.3, 0.4) is 0 Å². The zero-order valence-corrected chi connectivity index (χ0v) is 12.6. The van der Waals surface area contributed by atoms with E-state index in [9.17, 15) is 4.79 Å². The maximum atomic E-state index is 11.7. The second kappa shape index (κ2) is 8.51. The van der Waals surface area contributed by atoms with Gasteiger partial charge in [0.25, 0.3) is 0 Å². The SMILES string of the molecule is COCC(Cl)CCNC(=O)Cc1cccc(Br)c1. The highest BCUT2D eigenvalue weighted by atomic mass is 79.9. The Balaban J connectivity index is 2.25. The molecular formula is C13H17BrClNO2. The van der Waals surface area contributed by atoms with Gasteiger partial charge in [-0.15, -0.1) is 11.6 Å². The summed E-state index contributed by atoms with van der Waals surface area (Å²) in [5.74, 6) is 0.00869. The summed E-state index contributed by atoms with van der Waals surface area (Å²) in [4.78, 5) is 11.7. The highest BCUT2D eigenvalue weighted by Crippen LogP contribution is 2.11. The van der Waals surface area contributed by atoms with Crippen LogP contribution in [0.25, 0.3) is 0 Å². The molecule has 5 heteroatoms. The van der Waals surface area contributed by atoms with Crippen molar-refractivity contribution in [2.24, 2.45) is 0 Å². The molecule has 100 valence electrons. The van der Waals surface area contributed by atoms with Crippen molar-refractivity contribution < 1.29 is 9.53 Å². The van der Waals surface area contributed by atoms with Crippen molar-refractivity contribution in [3.63, 3.8) is 0 Å². The number of hydrogen-bond donors (Lipinski definition) is 1. The lowest BCUT2D eigenvalue weighted by molar-refractivity contribution is -0.120. The van der Waals surface area contributed by atoms with E-state index in [0.717, 1.165) is 10.0 Å². The Labute approximate surface area is 121 Å². The van der Waals surface area contributed by atoms with E-state index in [4.69, 9.17) is 16.3 Å². The van der Waals surface area contributed by atoms with E-state index < -0.39 is 0 Å². The predicted molar refractivity (Wildman–Crippen MR) is 77.0 cm³/mol. The summed E-state index contributed by atoms with van der Waals surface area (Å²) in [5, 5.41) is 2.79. The van der Waals surface area contributed by atoms with Crippen LogP contribution in [0.15, 0.2) is 28.7 Å². The van der Waals surface area contributed by atoms with Gasteiger partial charge in [0, 0.05) is 18.1 Å². The fourth-order valence-corrected chi connectivity index (χ4v) is 2.21. The van der Waals surface area contributed by atoms with Crippen molar-refractivity contribution in [3.05, 3.63) is 34.3 Å². The van der Waals surface area contributed by atoms with Crippen molar-refractivity contribution in [1.29, 1.82) is 0 Å². The molecule has 0 aliphatic rings. The van der Waals surface area contributed by atoms with Crippen LogP contribution in [0.1, 0.15) is 12.0 Å². The minimum absolute atomic E-state index is 0.00869. The molecule has 1 aromatic rings. The molecular weight excluding hydrogens is 318 g/mol. The van der Waals surface area contributed by atoms with Crippen molar-refractivity contribution in [2.75, 3.05) is 20.3 Å². The summed E-state index contributed by atoms with van der Waals surface area (Å²) >= 11 is 9.34. The smallest absolute Gasteiger partial charge is 0.224 e. The minimum atomic E-state index is -0.0545. The lowest BCUT2D eigenvalue weighted by atomic mass is 10.1. The molecule has 3 nitrogen and oxygen atoms in total. The summed E-state index contributed by atoms with van der Waals surface area (Å²) in [5.41, 5.74) is 0.987. The van der Waals surface area contributed by atoms with Gasteiger partial charge in [-0.25, -0.2) is 0 Å². The first-order valence-corrected chi connectivity index (χ1v) is 6.99. The van der Waals surface area contributed by atoms with E-state index >= 15 is 0 Å². The maximum absolute atomic E-state index is 11.7. The lowest BCUT2D eigenvalue weighted by Gasteiger charge is -2.09. The number of benzene rings is 1. The number of amides is 1. The Bertz CT molecular complexity index is 387. The molecule has 0 saturated carbocycles. The summed E-state index contributed by atoms with van der Waals surface area (Å²) in [6.07, 6.45) is 1.09. The fourth-order valence-electron chi connectivity index (χ4n) is 1.53. The fraction of sp³-hybridized carbons (Fsp3) is 0.462. The number of hydrogen-bond acceptors (Lipinski definition) is 2. The van der Waals surface area contributed by atoms with Crippen LogP contribution in [-0.4, -0.2) is 31.5 Å². The number of alkyl halides is 1. The van der Waals surface area contributed by atoms with Crippen LogP contribution in [0.2, 0.25) is 0 Å². The van der Waals surface area contributed by atoms with Crippen molar-refractivity contribution in [1.82, 2.24) is 5.32 Å². The molecule has 1 atom stereocenters. The van der Waals surface area contributed by atoms with Gasteiger partial charge in [-0.05, 0) is 24.1 Å². The number of ether oxygens (including phenoxy) is 1. The third kappa shape index (κ3) is 6.38. The van der Waals surface area contributed by atoms with Crippen LogP contribution < -0.4 is 5.32 Å². The Kier molecular flexibility index (Phi) is 7.32. The first-order valence-electron chi connectivity index (χ1n) is 5.76. The summed E-state index contributed by atoms with van der Waals surface area (Å²) in [6.45, 7) is 1.08. The molecule has 1 unspecified atom stereocenters. The molecule has 0 bridgehead atoms. The number of nitrogens with one attached hydrogen (secondary N) is 1. The molecule has 0 spiro atoms. The molecule has 0 fully saturated rings. The summed E-state index contributed by atoms with van der Waals surface area (Å²) < 4.78 is 5.90. The van der Waals surface area contributed by atoms with E-state index in [1.165, 1.54) is 0 Å². The number of carbonyl (C=O) groups is 1. The minimum Gasteiger partial charge on any atom is -0.383 e. The van der Waals surface area contributed by atoms with Crippen molar-refractivity contribution in [3.8, 4) is 0 Å². The third-order valence-corrected chi connectivity index (χ3v) is 3.22. The van der Waals surface area contributed by atoms with Gasteiger partial charge < -0.3 is 10.1 Å². The Morgan fingerprint density at radius 2 is 2.33 bits per heavy atom. The lowest BCUT2D eigenvalue weighted by Crippen LogP contribution is -2.28. The molecule has 0 aromatic heterocycles. The van der Waals surface area contributed by atoms with E-state index in [1.54, 1.807) is 7.11 Å². The summed E-state index contributed by atoms with van der Waals surface area (Å²) in [7, 11) is 1.61. The van der Waals surface area contributed by atoms with Gasteiger partial charge in [0.2, 0.25) is 5.91 Å². The molecule has 0 heterocycles. The third-order valence-electron chi connectivity index (χ3n) is 2.38. The molecule has 0 radical (unpaired) electrons. The number of halogens is 2. The Morgan fingerprint density at radius 3 is 3.00 bits per heavy atom. The molecule has 1 rings (SSSR count). The molecule has 18 heavy (non-hydrogen) atoms. The topological polar surface area (TPSA) is 38.3 Å². The van der Waals surface area contributed by atoms with Gasteiger partial charge in [-0.3, -0.25) is 4.79 Å². The molecule has 1 aromatic carbocycles.